The van der Waals surface area contributed by atoms with Crippen molar-refractivity contribution in [3.8, 4) is 0 Å². The fourth-order valence-corrected chi connectivity index (χ4v) is 3.53. The Bertz CT molecular complexity index is 931. The Labute approximate surface area is 170 Å². The Morgan fingerprint density at radius 1 is 1.14 bits per heavy atom. The second-order valence-corrected chi connectivity index (χ2v) is 6.85. The number of amides is 1. The SMILES string of the molecule is CCOC(=O)c1c(C)c(C(=O)C(C)N(CC)C(=O)c2ccc(F)cc2)c(C)n1C. The number of ketones is 1. The molecule has 0 aliphatic carbocycles. The minimum absolute atomic E-state index is 0.234. The minimum atomic E-state index is -0.757. The summed E-state index contributed by atoms with van der Waals surface area (Å²) in [6, 6.07) is 4.47. The molecule has 0 radical (unpaired) electrons. The Kier molecular flexibility index (Phi) is 6.95. The normalized spacial score (nSPS) is 11.8. The summed E-state index contributed by atoms with van der Waals surface area (Å²) in [7, 11) is 1.71. The van der Waals surface area contributed by atoms with Crippen molar-refractivity contribution in [3.63, 3.8) is 0 Å². The third-order valence-electron chi connectivity index (χ3n) is 5.19. The zero-order valence-corrected chi connectivity index (χ0v) is 17.7. The molecule has 1 heterocycles. The van der Waals surface area contributed by atoms with Crippen LogP contribution in [-0.2, 0) is 11.8 Å². The van der Waals surface area contributed by atoms with Gasteiger partial charge in [0.1, 0.15) is 11.5 Å². The number of rotatable bonds is 7. The van der Waals surface area contributed by atoms with E-state index in [-0.39, 0.29) is 18.3 Å². The van der Waals surface area contributed by atoms with Gasteiger partial charge in [-0.15, -0.1) is 0 Å². The maximum atomic E-state index is 13.3. The number of hydrogen-bond acceptors (Lipinski definition) is 4. The van der Waals surface area contributed by atoms with Crippen molar-refractivity contribution < 1.29 is 23.5 Å². The lowest BCUT2D eigenvalue weighted by Gasteiger charge is -2.27. The minimum Gasteiger partial charge on any atom is -0.461 e. The van der Waals surface area contributed by atoms with Crippen molar-refractivity contribution in [2.45, 2.75) is 40.7 Å². The summed E-state index contributed by atoms with van der Waals surface area (Å²) in [5.41, 5.74) is 2.21. The highest BCUT2D eigenvalue weighted by molar-refractivity contribution is 6.07. The van der Waals surface area contributed by atoms with E-state index in [1.807, 2.05) is 0 Å². The summed E-state index contributed by atoms with van der Waals surface area (Å²) in [6.07, 6.45) is 0. The van der Waals surface area contributed by atoms with Crippen LogP contribution in [-0.4, -0.2) is 46.3 Å². The molecule has 2 aromatic rings. The topological polar surface area (TPSA) is 68.6 Å². The molecule has 2 rings (SSSR count). The lowest BCUT2D eigenvalue weighted by molar-refractivity contribution is 0.0513. The third kappa shape index (κ3) is 4.23. The fourth-order valence-electron chi connectivity index (χ4n) is 3.53. The molecular formula is C22H27FN2O4. The highest BCUT2D eigenvalue weighted by atomic mass is 19.1. The number of Topliss-reactive ketones (excluding diaryl/α,β-unsaturated/α-hetero) is 1. The van der Waals surface area contributed by atoms with Gasteiger partial charge in [0.25, 0.3) is 5.91 Å². The first-order valence-corrected chi connectivity index (χ1v) is 9.59. The second-order valence-electron chi connectivity index (χ2n) is 6.85. The highest BCUT2D eigenvalue weighted by Gasteiger charge is 2.32. The maximum Gasteiger partial charge on any atom is 0.355 e. The molecule has 1 amide bonds. The van der Waals surface area contributed by atoms with Gasteiger partial charge >= 0.3 is 5.97 Å². The second kappa shape index (κ2) is 9.03. The standard InChI is InChI=1S/C22H27FN2O4/c1-7-25(21(27)16-9-11-17(23)12-10-16)15(5)20(26)18-13(3)19(22(28)29-8-2)24(6)14(18)4/h9-12,15H,7-8H2,1-6H3. The van der Waals surface area contributed by atoms with Gasteiger partial charge in [-0.3, -0.25) is 9.59 Å². The van der Waals surface area contributed by atoms with Crippen molar-refractivity contribution in [1.29, 1.82) is 0 Å². The van der Waals surface area contributed by atoms with Crippen molar-refractivity contribution >= 4 is 17.7 Å². The van der Waals surface area contributed by atoms with E-state index in [0.29, 0.717) is 34.6 Å². The fraction of sp³-hybridized carbons (Fsp3) is 0.409. The molecule has 29 heavy (non-hydrogen) atoms. The molecule has 0 bridgehead atoms. The number of hydrogen-bond donors (Lipinski definition) is 0. The smallest absolute Gasteiger partial charge is 0.355 e. The number of halogens is 1. The molecule has 1 aromatic heterocycles. The molecule has 0 saturated heterocycles. The molecule has 156 valence electrons. The molecule has 0 aliphatic heterocycles. The third-order valence-corrected chi connectivity index (χ3v) is 5.19. The van der Waals surface area contributed by atoms with Crippen LogP contribution in [0.2, 0.25) is 0 Å². The van der Waals surface area contributed by atoms with Gasteiger partial charge in [-0.2, -0.15) is 0 Å². The van der Waals surface area contributed by atoms with Gasteiger partial charge in [-0.1, -0.05) is 0 Å². The number of likely N-dealkylation sites (N-methyl/N-ethyl adjacent to an activating group) is 1. The Balaban J connectivity index is 2.40. The predicted octanol–water partition coefficient (Wildman–Crippen LogP) is 3.69. The summed E-state index contributed by atoms with van der Waals surface area (Å²) >= 11 is 0. The van der Waals surface area contributed by atoms with Crippen LogP contribution < -0.4 is 0 Å². The van der Waals surface area contributed by atoms with Crippen molar-refractivity contribution in [2.24, 2.45) is 7.05 Å². The first kappa shape index (κ1) is 22.3. The van der Waals surface area contributed by atoms with Crippen LogP contribution in [0.4, 0.5) is 4.39 Å². The molecule has 0 fully saturated rings. The molecule has 6 nitrogen and oxygen atoms in total. The van der Waals surface area contributed by atoms with E-state index in [4.69, 9.17) is 4.74 Å². The molecule has 0 aliphatic rings. The van der Waals surface area contributed by atoms with Crippen LogP contribution in [0.15, 0.2) is 24.3 Å². The van der Waals surface area contributed by atoms with E-state index < -0.39 is 17.8 Å². The summed E-state index contributed by atoms with van der Waals surface area (Å²) in [5.74, 6) is -1.54. The number of esters is 1. The molecule has 7 heteroatoms. The van der Waals surface area contributed by atoms with E-state index >= 15 is 0 Å². The highest BCUT2D eigenvalue weighted by Crippen LogP contribution is 2.25. The number of aromatic nitrogens is 1. The maximum absolute atomic E-state index is 13.3. The molecule has 0 saturated carbocycles. The van der Waals surface area contributed by atoms with Gasteiger partial charge in [0.2, 0.25) is 0 Å². The van der Waals surface area contributed by atoms with E-state index in [1.54, 1.807) is 46.2 Å². The molecule has 1 atom stereocenters. The van der Waals surface area contributed by atoms with Crippen LogP contribution >= 0.6 is 0 Å². The van der Waals surface area contributed by atoms with E-state index in [1.165, 1.54) is 29.2 Å². The molecule has 0 N–H and O–H groups in total. The van der Waals surface area contributed by atoms with Gasteiger partial charge in [0.05, 0.1) is 12.6 Å². The van der Waals surface area contributed by atoms with Crippen LogP contribution in [0.25, 0.3) is 0 Å². The number of carbonyl (C=O) groups excluding carboxylic acids is 3. The number of benzene rings is 1. The number of nitrogens with zero attached hydrogens (tertiary/aromatic N) is 2. The van der Waals surface area contributed by atoms with Crippen molar-refractivity contribution in [3.05, 3.63) is 58.2 Å². The Morgan fingerprint density at radius 2 is 1.72 bits per heavy atom. The van der Waals surface area contributed by atoms with Crippen LogP contribution in [0.3, 0.4) is 0 Å². The van der Waals surface area contributed by atoms with Crippen molar-refractivity contribution in [1.82, 2.24) is 9.47 Å². The zero-order valence-electron chi connectivity index (χ0n) is 17.7. The average Bonchev–Trinajstić information content (AvgIpc) is 2.91. The zero-order chi connectivity index (χ0) is 21.9. The Hall–Kier alpha value is -2.96. The molecular weight excluding hydrogens is 375 g/mol. The first-order chi connectivity index (χ1) is 13.6. The van der Waals surface area contributed by atoms with E-state index in [0.717, 1.165) is 0 Å². The predicted molar refractivity (Wildman–Crippen MR) is 108 cm³/mol. The van der Waals surface area contributed by atoms with Gasteiger partial charge in [-0.05, 0) is 64.4 Å². The summed E-state index contributed by atoms with van der Waals surface area (Å²) in [5, 5.41) is 0. The molecule has 1 unspecified atom stereocenters. The molecule has 0 spiro atoms. The number of carbonyl (C=O) groups is 3. The summed E-state index contributed by atoms with van der Waals surface area (Å²) in [4.78, 5) is 39.9. The van der Waals surface area contributed by atoms with Gasteiger partial charge in [0, 0.05) is 30.4 Å². The van der Waals surface area contributed by atoms with Gasteiger partial charge in [0.15, 0.2) is 5.78 Å². The quantitative estimate of drug-likeness (QED) is 0.523. The molecule has 1 aromatic carbocycles. The van der Waals surface area contributed by atoms with E-state index in [9.17, 15) is 18.8 Å². The van der Waals surface area contributed by atoms with E-state index in [2.05, 4.69) is 0 Å². The largest absolute Gasteiger partial charge is 0.461 e. The Morgan fingerprint density at radius 3 is 2.24 bits per heavy atom. The van der Waals surface area contributed by atoms with Crippen LogP contribution in [0.5, 0.6) is 0 Å². The lowest BCUT2D eigenvalue weighted by Crippen LogP contribution is -2.43. The lowest BCUT2D eigenvalue weighted by atomic mass is 9.99. The van der Waals surface area contributed by atoms with Gasteiger partial charge in [-0.25, -0.2) is 9.18 Å². The van der Waals surface area contributed by atoms with Crippen LogP contribution in [0.1, 0.15) is 63.2 Å². The monoisotopic (exact) mass is 402 g/mol. The van der Waals surface area contributed by atoms with Crippen molar-refractivity contribution in [2.75, 3.05) is 13.2 Å². The number of ether oxygens (including phenoxy) is 1. The summed E-state index contributed by atoms with van der Waals surface area (Å²) < 4.78 is 19.9. The van der Waals surface area contributed by atoms with Gasteiger partial charge < -0.3 is 14.2 Å². The average molecular weight is 402 g/mol. The van der Waals surface area contributed by atoms with Crippen LogP contribution in [0, 0.1) is 19.7 Å². The summed E-state index contributed by atoms with van der Waals surface area (Å²) in [6.45, 7) is 9.16. The first-order valence-electron chi connectivity index (χ1n) is 9.59.